The highest BCUT2D eigenvalue weighted by atomic mass is 16.5. The van der Waals surface area contributed by atoms with E-state index in [1.54, 1.807) is 0 Å². The highest BCUT2D eigenvalue weighted by Crippen LogP contribution is 2.04. The lowest BCUT2D eigenvalue weighted by Crippen LogP contribution is -2.46. The molecule has 0 aromatic heterocycles. The third-order valence-corrected chi connectivity index (χ3v) is 2.46. The fourth-order valence-electron chi connectivity index (χ4n) is 1.48. The van der Waals surface area contributed by atoms with Crippen LogP contribution in [0.4, 0.5) is 0 Å². The summed E-state index contributed by atoms with van der Waals surface area (Å²) in [6.07, 6.45) is -0.834. The molecule has 0 aliphatic rings. The summed E-state index contributed by atoms with van der Waals surface area (Å²) < 4.78 is 4.63. The van der Waals surface area contributed by atoms with Crippen molar-refractivity contribution in [3.05, 3.63) is 35.9 Å². The van der Waals surface area contributed by atoms with E-state index in [0.29, 0.717) is 6.42 Å². The minimum absolute atomic E-state index is 0.325. The number of hydrogen-bond acceptors (Lipinski definition) is 4. The second-order valence-electron chi connectivity index (χ2n) is 3.95. The van der Waals surface area contributed by atoms with Crippen LogP contribution in [0.2, 0.25) is 0 Å². The summed E-state index contributed by atoms with van der Waals surface area (Å²) >= 11 is 0. The van der Waals surface area contributed by atoms with Crippen molar-refractivity contribution < 1.29 is 19.4 Å². The number of rotatable bonds is 5. The number of esters is 1. The number of ether oxygens (including phenoxy) is 1. The summed E-state index contributed by atoms with van der Waals surface area (Å²) in [5.74, 6) is -1.13. The molecule has 0 bridgehead atoms. The zero-order valence-corrected chi connectivity index (χ0v) is 10.4. The monoisotopic (exact) mass is 251 g/mol. The number of benzene rings is 1. The molecule has 98 valence electrons. The minimum atomic E-state index is -1.16. The highest BCUT2D eigenvalue weighted by Gasteiger charge is 2.23. The third kappa shape index (κ3) is 4.18. The van der Waals surface area contributed by atoms with Crippen molar-refractivity contribution in [1.29, 1.82) is 0 Å². The Morgan fingerprint density at radius 2 is 1.94 bits per heavy atom. The molecule has 1 aromatic rings. The van der Waals surface area contributed by atoms with E-state index >= 15 is 0 Å². The van der Waals surface area contributed by atoms with Gasteiger partial charge in [-0.25, -0.2) is 4.79 Å². The van der Waals surface area contributed by atoms with Gasteiger partial charge in [0.1, 0.15) is 12.1 Å². The predicted molar refractivity (Wildman–Crippen MR) is 65.8 cm³/mol. The van der Waals surface area contributed by atoms with Gasteiger partial charge in [0, 0.05) is 6.42 Å². The first-order chi connectivity index (χ1) is 8.54. The molecule has 5 heteroatoms. The zero-order chi connectivity index (χ0) is 13.5. The van der Waals surface area contributed by atoms with Crippen LogP contribution in [0.5, 0.6) is 0 Å². The molecule has 0 fully saturated rings. The van der Waals surface area contributed by atoms with Gasteiger partial charge in [-0.05, 0) is 12.5 Å². The summed E-state index contributed by atoms with van der Waals surface area (Å²) in [6, 6.07) is 8.47. The predicted octanol–water partition coefficient (Wildman–Crippen LogP) is 0.268. The van der Waals surface area contributed by atoms with E-state index in [0.717, 1.165) is 5.56 Å². The van der Waals surface area contributed by atoms with E-state index in [4.69, 9.17) is 5.11 Å². The maximum Gasteiger partial charge on any atom is 0.328 e. The Labute approximate surface area is 106 Å². The van der Waals surface area contributed by atoms with Crippen molar-refractivity contribution in [2.45, 2.75) is 25.5 Å². The Hall–Kier alpha value is -1.88. The largest absolute Gasteiger partial charge is 0.467 e. The Kier molecular flexibility index (Phi) is 5.32. The van der Waals surface area contributed by atoms with Gasteiger partial charge < -0.3 is 15.2 Å². The summed E-state index contributed by atoms with van der Waals surface area (Å²) in [4.78, 5) is 23.0. The minimum Gasteiger partial charge on any atom is -0.467 e. The summed E-state index contributed by atoms with van der Waals surface area (Å²) in [5.41, 5.74) is 0.902. The van der Waals surface area contributed by atoms with Crippen LogP contribution in [0.15, 0.2) is 30.3 Å². The first-order valence-electron chi connectivity index (χ1n) is 5.64. The SMILES string of the molecule is COC(=O)C(Cc1ccccc1)NC(=O)C(C)O. The van der Waals surface area contributed by atoms with Crippen LogP contribution in [0.3, 0.4) is 0 Å². The van der Waals surface area contributed by atoms with Crippen LogP contribution < -0.4 is 5.32 Å². The number of methoxy groups -OCH3 is 1. The zero-order valence-electron chi connectivity index (χ0n) is 10.4. The Morgan fingerprint density at radius 3 is 2.44 bits per heavy atom. The average Bonchev–Trinajstić information content (AvgIpc) is 2.38. The van der Waals surface area contributed by atoms with Gasteiger partial charge in [0.15, 0.2) is 0 Å². The molecule has 18 heavy (non-hydrogen) atoms. The molecule has 1 aromatic carbocycles. The molecule has 0 aliphatic heterocycles. The fraction of sp³-hybridized carbons (Fsp3) is 0.385. The molecule has 2 atom stereocenters. The molecule has 0 heterocycles. The molecule has 5 nitrogen and oxygen atoms in total. The number of amides is 1. The number of nitrogens with one attached hydrogen (secondary N) is 1. The average molecular weight is 251 g/mol. The molecule has 0 radical (unpaired) electrons. The Bertz CT molecular complexity index is 403. The van der Waals surface area contributed by atoms with Crippen LogP contribution in [0.1, 0.15) is 12.5 Å². The van der Waals surface area contributed by atoms with E-state index in [1.165, 1.54) is 14.0 Å². The van der Waals surface area contributed by atoms with Gasteiger partial charge in [-0.2, -0.15) is 0 Å². The van der Waals surface area contributed by atoms with Gasteiger partial charge in [0.25, 0.3) is 0 Å². The molecule has 2 N–H and O–H groups in total. The number of aliphatic hydroxyl groups excluding tert-OH is 1. The van der Waals surface area contributed by atoms with E-state index in [9.17, 15) is 9.59 Å². The van der Waals surface area contributed by atoms with Gasteiger partial charge in [-0.1, -0.05) is 30.3 Å². The standard InChI is InChI=1S/C13H17NO4/c1-9(15)12(16)14-11(13(17)18-2)8-10-6-4-3-5-7-10/h3-7,9,11,15H,8H2,1-2H3,(H,14,16). The lowest BCUT2D eigenvalue weighted by atomic mass is 10.1. The molecular formula is C13H17NO4. The second-order valence-corrected chi connectivity index (χ2v) is 3.95. The quantitative estimate of drug-likeness (QED) is 0.736. The number of carbonyl (C=O) groups is 2. The third-order valence-electron chi connectivity index (χ3n) is 2.46. The van der Waals surface area contributed by atoms with Crippen LogP contribution in [-0.2, 0) is 20.7 Å². The maximum absolute atomic E-state index is 11.6. The van der Waals surface area contributed by atoms with E-state index < -0.39 is 24.0 Å². The fourth-order valence-corrected chi connectivity index (χ4v) is 1.48. The first kappa shape index (κ1) is 14.2. The van der Waals surface area contributed by atoms with E-state index in [2.05, 4.69) is 10.1 Å². The molecular weight excluding hydrogens is 234 g/mol. The Morgan fingerprint density at radius 1 is 1.33 bits per heavy atom. The molecule has 0 aliphatic carbocycles. The number of aliphatic hydroxyl groups is 1. The van der Waals surface area contributed by atoms with Crippen molar-refractivity contribution in [2.75, 3.05) is 7.11 Å². The lowest BCUT2D eigenvalue weighted by Gasteiger charge is -2.17. The summed E-state index contributed by atoms with van der Waals surface area (Å²) in [6.45, 7) is 1.34. The smallest absolute Gasteiger partial charge is 0.328 e. The number of carbonyl (C=O) groups excluding carboxylic acids is 2. The number of hydrogen-bond donors (Lipinski definition) is 2. The summed E-state index contributed by atoms with van der Waals surface area (Å²) in [5, 5.41) is 11.6. The Balaban J connectivity index is 2.73. The van der Waals surface area contributed by atoms with Gasteiger partial charge in [-0.3, -0.25) is 4.79 Å². The normalized spacial score (nSPS) is 13.5. The highest BCUT2D eigenvalue weighted by molar-refractivity contribution is 5.86. The van der Waals surface area contributed by atoms with Crippen LogP contribution in [-0.4, -0.2) is 36.2 Å². The molecule has 0 saturated carbocycles. The van der Waals surface area contributed by atoms with E-state index in [-0.39, 0.29) is 0 Å². The van der Waals surface area contributed by atoms with Gasteiger partial charge in [0.2, 0.25) is 5.91 Å². The molecule has 0 saturated heterocycles. The molecule has 1 amide bonds. The summed E-state index contributed by atoms with van der Waals surface area (Å²) in [7, 11) is 1.26. The topological polar surface area (TPSA) is 75.6 Å². The maximum atomic E-state index is 11.6. The van der Waals surface area contributed by atoms with Gasteiger partial charge >= 0.3 is 5.97 Å². The van der Waals surface area contributed by atoms with Crippen molar-refractivity contribution in [3.8, 4) is 0 Å². The van der Waals surface area contributed by atoms with Gasteiger partial charge in [0.05, 0.1) is 7.11 Å². The van der Waals surface area contributed by atoms with Gasteiger partial charge in [-0.15, -0.1) is 0 Å². The molecule has 2 unspecified atom stereocenters. The van der Waals surface area contributed by atoms with Crippen LogP contribution in [0.25, 0.3) is 0 Å². The van der Waals surface area contributed by atoms with Crippen LogP contribution in [0, 0.1) is 0 Å². The molecule has 0 spiro atoms. The van der Waals surface area contributed by atoms with Crippen molar-refractivity contribution >= 4 is 11.9 Å². The van der Waals surface area contributed by atoms with Crippen molar-refractivity contribution in [1.82, 2.24) is 5.32 Å². The lowest BCUT2D eigenvalue weighted by molar-refractivity contribution is -0.146. The van der Waals surface area contributed by atoms with E-state index in [1.807, 2.05) is 30.3 Å². The first-order valence-corrected chi connectivity index (χ1v) is 5.64. The van der Waals surface area contributed by atoms with Crippen molar-refractivity contribution in [2.24, 2.45) is 0 Å². The molecule has 1 rings (SSSR count). The van der Waals surface area contributed by atoms with Crippen molar-refractivity contribution in [3.63, 3.8) is 0 Å². The second kappa shape index (κ2) is 6.76. The van der Waals surface area contributed by atoms with Crippen LogP contribution >= 0.6 is 0 Å².